The number of aromatic nitrogens is 2. The topological polar surface area (TPSA) is 102 Å². The number of anilines is 1. The van der Waals surface area contributed by atoms with Crippen LogP contribution in [0, 0.1) is 6.92 Å². The number of hydrogen-bond acceptors (Lipinski definition) is 8. The van der Waals surface area contributed by atoms with Crippen molar-refractivity contribution in [1.29, 1.82) is 0 Å². The lowest BCUT2D eigenvalue weighted by Gasteiger charge is -2.23. The summed E-state index contributed by atoms with van der Waals surface area (Å²) in [4.78, 5) is 27.4. The number of methoxy groups -OCH3 is 2. The van der Waals surface area contributed by atoms with E-state index in [2.05, 4.69) is 10.2 Å². The van der Waals surface area contributed by atoms with Crippen molar-refractivity contribution in [2.45, 2.75) is 13.0 Å². The lowest BCUT2D eigenvalue weighted by atomic mass is 9.95. The largest absolute Gasteiger partial charge is 0.507 e. The van der Waals surface area contributed by atoms with Crippen molar-refractivity contribution in [2.24, 2.45) is 0 Å². The maximum Gasteiger partial charge on any atom is 0.301 e. The molecule has 1 amide bonds. The van der Waals surface area contributed by atoms with Crippen molar-refractivity contribution in [2.75, 3.05) is 19.1 Å². The van der Waals surface area contributed by atoms with E-state index in [1.807, 2.05) is 0 Å². The van der Waals surface area contributed by atoms with E-state index in [1.54, 1.807) is 55.5 Å². The van der Waals surface area contributed by atoms with E-state index in [0.717, 1.165) is 0 Å². The predicted molar refractivity (Wildman–Crippen MR) is 115 cm³/mol. The van der Waals surface area contributed by atoms with E-state index < -0.39 is 17.7 Å². The van der Waals surface area contributed by atoms with Crippen molar-refractivity contribution in [3.63, 3.8) is 0 Å². The molecule has 0 aliphatic carbocycles. The first-order valence-electron chi connectivity index (χ1n) is 9.34. The van der Waals surface area contributed by atoms with Crippen LogP contribution in [0.2, 0.25) is 0 Å². The van der Waals surface area contributed by atoms with Crippen molar-refractivity contribution in [3.05, 3.63) is 70.2 Å². The van der Waals surface area contributed by atoms with Gasteiger partial charge in [-0.15, -0.1) is 10.2 Å². The number of ether oxygens (including phenoxy) is 2. The first-order valence-corrected chi connectivity index (χ1v) is 10.2. The average Bonchev–Trinajstić information content (AvgIpc) is 3.34. The van der Waals surface area contributed by atoms with Gasteiger partial charge in [0.1, 0.15) is 10.8 Å². The minimum absolute atomic E-state index is 0.0312. The molecule has 1 aliphatic rings. The maximum atomic E-state index is 13.1. The van der Waals surface area contributed by atoms with Crippen LogP contribution in [0.3, 0.4) is 0 Å². The quantitative estimate of drug-likeness (QED) is 0.370. The zero-order valence-electron chi connectivity index (χ0n) is 17.0. The second-order valence-electron chi connectivity index (χ2n) is 6.75. The molecule has 9 heteroatoms. The van der Waals surface area contributed by atoms with Gasteiger partial charge in [0.2, 0.25) is 5.13 Å². The van der Waals surface area contributed by atoms with Crippen LogP contribution in [0.4, 0.5) is 5.13 Å². The molecule has 1 unspecified atom stereocenters. The Hall–Kier alpha value is -3.72. The Morgan fingerprint density at radius 2 is 1.74 bits per heavy atom. The van der Waals surface area contributed by atoms with Crippen LogP contribution in [0.1, 0.15) is 22.2 Å². The predicted octanol–water partition coefficient (Wildman–Crippen LogP) is 3.49. The number of aliphatic hydroxyl groups is 1. The number of ketones is 1. The highest BCUT2D eigenvalue weighted by Crippen LogP contribution is 2.44. The number of carbonyl (C=O) groups is 2. The van der Waals surface area contributed by atoms with Gasteiger partial charge in [-0.2, -0.15) is 0 Å². The molecule has 0 bridgehead atoms. The summed E-state index contributed by atoms with van der Waals surface area (Å²) in [5.74, 6) is -0.915. The van der Waals surface area contributed by atoms with E-state index in [1.165, 1.54) is 30.5 Å². The van der Waals surface area contributed by atoms with E-state index >= 15 is 0 Å². The summed E-state index contributed by atoms with van der Waals surface area (Å²) < 4.78 is 10.7. The Bertz CT molecular complexity index is 1190. The molecule has 1 atom stereocenters. The molecule has 2 heterocycles. The summed E-state index contributed by atoms with van der Waals surface area (Å²) in [5, 5.41) is 20.0. The van der Waals surface area contributed by atoms with Gasteiger partial charge in [-0.3, -0.25) is 14.5 Å². The van der Waals surface area contributed by atoms with Crippen LogP contribution in [0.15, 0.2) is 54.1 Å². The summed E-state index contributed by atoms with van der Waals surface area (Å²) >= 11 is 1.19. The first kappa shape index (κ1) is 20.5. The lowest BCUT2D eigenvalue weighted by Crippen LogP contribution is -2.29. The van der Waals surface area contributed by atoms with Gasteiger partial charge in [0.25, 0.3) is 5.78 Å². The van der Waals surface area contributed by atoms with Crippen LogP contribution < -0.4 is 14.4 Å². The molecule has 3 aromatic rings. The minimum Gasteiger partial charge on any atom is -0.507 e. The molecule has 4 rings (SSSR count). The zero-order valence-corrected chi connectivity index (χ0v) is 17.8. The monoisotopic (exact) mass is 437 g/mol. The standard InChI is InChI=1S/C22H19N3O5S/c1-12-23-24-22(31-12)25-18(14-9-10-15(29-2)16(11-14)30-3)17(20(27)21(25)28)19(26)13-7-5-4-6-8-13/h4-11,18,26H,1-3H3. The van der Waals surface area contributed by atoms with E-state index in [9.17, 15) is 14.7 Å². The van der Waals surface area contributed by atoms with Crippen molar-refractivity contribution < 1.29 is 24.2 Å². The van der Waals surface area contributed by atoms with Gasteiger partial charge < -0.3 is 14.6 Å². The smallest absolute Gasteiger partial charge is 0.301 e. The third-order valence-electron chi connectivity index (χ3n) is 4.94. The third-order valence-corrected chi connectivity index (χ3v) is 5.77. The van der Waals surface area contributed by atoms with Crippen LogP contribution in [-0.2, 0) is 9.59 Å². The Kier molecular flexibility index (Phi) is 5.43. The van der Waals surface area contributed by atoms with Crippen LogP contribution in [0.5, 0.6) is 11.5 Å². The number of amides is 1. The molecule has 1 saturated heterocycles. The summed E-state index contributed by atoms with van der Waals surface area (Å²) in [6.45, 7) is 1.76. The lowest BCUT2D eigenvalue weighted by molar-refractivity contribution is -0.132. The molecular weight excluding hydrogens is 418 g/mol. The van der Waals surface area contributed by atoms with E-state index in [4.69, 9.17) is 9.47 Å². The summed E-state index contributed by atoms with van der Waals surface area (Å²) in [7, 11) is 3.01. The van der Waals surface area contributed by atoms with Crippen molar-refractivity contribution in [3.8, 4) is 11.5 Å². The van der Waals surface area contributed by atoms with Gasteiger partial charge >= 0.3 is 5.91 Å². The van der Waals surface area contributed by atoms with Crippen molar-refractivity contribution in [1.82, 2.24) is 10.2 Å². The van der Waals surface area contributed by atoms with Crippen LogP contribution >= 0.6 is 11.3 Å². The molecular formula is C22H19N3O5S. The molecule has 8 nitrogen and oxygen atoms in total. The molecule has 1 N–H and O–H groups in total. The Morgan fingerprint density at radius 1 is 1.03 bits per heavy atom. The molecule has 1 fully saturated rings. The highest BCUT2D eigenvalue weighted by molar-refractivity contribution is 7.15. The molecule has 2 aromatic carbocycles. The van der Waals surface area contributed by atoms with E-state index in [-0.39, 0.29) is 16.5 Å². The minimum atomic E-state index is -0.910. The zero-order chi connectivity index (χ0) is 22.1. The number of nitrogens with zero attached hydrogens (tertiary/aromatic N) is 3. The highest BCUT2D eigenvalue weighted by atomic mass is 32.1. The van der Waals surface area contributed by atoms with Crippen LogP contribution in [-0.4, -0.2) is 41.2 Å². The van der Waals surface area contributed by atoms with Gasteiger partial charge in [-0.05, 0) is 24.6 Å². The number of rotatable bonds is 5. The number of carbonyl (C=O) groups excluding carboxylic acids is 2. The summed E-state index contributed by atoms with van der Waals surface area (Å²) in [5.41, 5.74) is 0.956. The molecule has 158 valence electrons. The molecule has 0 spiro atoms. The molecule has 1 aromatic heterocycles. The van der Waals surface area contributed by atoms with Gasteiger partial charge in [-0.1, -0.05) is 47.7 Å². The molecule has 0 radical (unpaired) electrons. The number of aryl methyl sites for hydroxylation is 1. The van der Waals surface area contributed by atoms with Gasteiger partial charge in [0, 0.05) is 5.56 Å². The maximum absolute atomic E-state index is 13.1. The number of benzene rings is 2. The fourth-order valence-corrected chi connectivity index (χ4v) is 4.22. The Balaban J connectivity index is 1.96. The normalized spacial score (nSPS) is 17.8. The fraction of sp³-hybridized carbons (Fsp3) is 0.182. The second kappa shape index (κ2) is 8.19. The van der Waals surface area contributed by atoms with E-state index in [0.29, 0.717) is 27.6 Å². The third kappa shape index (κ3) is 3.53. The number of aliphatic hydroxyl groups excluding tert-OH is 1. The second-order valence-corrected chi connectivity index (χ2v) is 7.91. The summed E-state index contributed by atoms with van der Waals surface area (Å²) in [6, 6.07) is 12.8. The number of hydrogen-bond donors (Lipinski definition) is 1. The van der Waals surface area contributed by atoms with Crippen molar-refractivity contribution >= 4 is 33.9 Å². The molecule has 31 heavy (non-hydrogen) atoms. The summed E-state index contributed by atoms with van der Waals surface area (Å²) in [6.07, 6.45) is 0. The van der Waals surface area contributed by atoms with Gasteiger partial charge in [-0.25, -0.2) is 0 Å². The Labute approximate surface area is 182 Å². The van der Waals surface area contributed by atoms with Gasteiger partial charge in [0.15, 0.2) is 11.5 Å². The highest BCUT2D eigenvalue weighted by Gasteiger charge is 2.48. The molecule has 1 aliphatic heterocycles. The van der Waals surface area contributed by atoms with Gasteiger partial charge in [0.05, 0.1) is 25.8 Å². The number of Topliss-reactive ketones (excluding diaryl/α,β-unsaturated/α-hetero) is 1. The average molecular weight is 437 g/mol. The Morgan fingerprint density at radius 3 is 2.35 bits per heavy atom. The van der Waals surface area contributed by atoms with Crippen LogP contribution in [0.25, 0.3) is 5.76 Å². The fourth-order valence-electron chi connectivity index (χ4n) is 3.50. The first-order chi connectivity index (χ1) is 15.0. The SMILES string of the molecule is COc1ccc(C2C(=C(O)c3ccccc3)C(=O)C(=O)N2c2nnc(C)s2)cc1OC. The molecule has 0 saturated carbocycles.